The van der Waals surface area contributed by atoms with Gasteiger partial charge in [-0.15, -0.1) is 74.4 Å². The van der Waals surface area contributed by atoms with Gasteiger partial charge in [0.15, 0.2) is 0 Å². The number of likely N-dealkylation sites (N-methyl/N-ethyl adjacent to an activating group) is 1. The van der Waals surface area contributed by atoms with Gasteiger partial charge in [-0.25, -0.2) is 0 Å². The lowest BCUT2D eigenvalue weighted by Gasteiger charge is -2.34. The van der Waals surface area contributed by atoms with Crippen molar-refractivity contribution in [3.8, 4) is 5.75 Å². The van der Waals surface area contributed by atoms with Gasteiger partial charge in [0.25, 0.3) is 0 Å². The van der Waals surface area contributed by atoms with Gasteiger partial charge in [0.1, 0.15) is 17.4 Å². The van der Waals surface area contributed by atoms with Gasteiger partial charge in [-0.2, -0.15) is 0 Å². The summed E-state index contributed by atoms with van der Waals surface area (Å²) in [6.45, 7) is 5.62. The van der Waals surface area contributed by atoms with Crippen molar-refractivity contribution in [2.24, 2.45) is 9.98 Å². The van der Waals surface area contributed by atoms with Crippen LogP contribution in [0.3, 0.4) is 0 Å². The fraction of sp³-hybridized carbons (Fsp3) is 0.259. The van der Waals surface area contributed by atoms with Crippen LogP contribution >= 0.6 is 74.4 Å². The Balaban J connectivity index is 0. The molecule has 0 amide bonds. The van der Waals surface area contributed by atoms with Crippen LogP contribution in [-0.4, -0.2) is 60.4 Å². The number of phenols is 1. The smallest absolute Gasteiger partial charge is 0.133 e. The summed E-state index contributed by atoms with van der Waals surface area (Å²) in [4.78, 5) is 14.4. The molecule has 3 heterocycles. The molecule has 14 heteroatoms. The summed E-state index contributed by atoms with van der Waals surface area (Å²) < 4.78 is 0. The van der Waals surface area contributed by atoms with E-state index in [0.29, 0.717) is 13.1 Å². The molecule has 0 radical (unpaired) electrons. The van der Waals surface area contributed by atoms with Gasteiger partial charge in [-0.1, -0.05) is 0 Å². The number of amidine groups is 2. The van der Waals surface area contributed by atoms with Crippen molar-refractivity contribution in [2.75, 3.05) is 48.8 Å². The number of rotatable bonds is 3. The fourth-order valence-corrected chi connectivity index (χ4v) is 4.70. The lowest BCUT2D eigenvalue weighted by Crippen LogP contribution is -2.44. The van der Waals surface area contributed by atoms with Gasteiger partial charge in [-0.05, 0) is 78.8 Å². The summed E-state index contributed by atoms with van der Waals surface area (Å²) in [5, 5.41) is 16.5. The quantitative estimate of drug-likeness (QED) is 0.333. The molecule has 1 fully saturated rings. The first-order valence-electron chi connectivity index (χ1n) is 11.7. The predicted octanol–water partition coefficient (Wildman–Crippen LogP) is 5.59. The lowest BCUT2D eigenvalue weighted by molar-refractivity contribution is 0.313. The molecule has 3 aliphatic rings. The predicted molar refractivity (Wildman–Crippen MR) is 186 cm³/mol. The minimum Gasteiger partial charge on any atom is -0.508 e. The van der Waals surface area contributed by atoms with E-state index in [1.807, 2.05) is 12.1 Å². The van der Waals surface area contributed by atoms with Crippen molar-refractivity contribution in [3.05, 3.63) is 82.9 Å². The number of nitrogens with zero attached hydrogens (tertiary/aromatic N) is 4. The molecular weight excluding hydrogens is 653 g/mol. The van der Waals surface area contributed by atoms with E-state index >= 15 is 0 Å². The zero-order chi connectivity index (χ0) is 23.1. The topological polar surface area (TPSA) is 107 Å². The maximum Gasteiger partial charge on any atom is 0.133 e. The first-order valence-corrected chi connectivity index (χ1v) is 11.7. The first kappa shape index (κ1) is 41.0. The van der Waals surface area contributed by atoms with Crippen LogP contribution < -0.4 is 15.5 Å². The molecule has 3 aromatic rings. The number of nitrogens with one attached hydrogen (secondary N) is 2. The highest BCUT2D eigenvalue weighted by molar-refractivity contribution is 6.12. The summed E-state index contributed by atoms with van der Waals surface area (Å²) in [6.07, 6.45) is 0. The zero-order valence-corrected chi connectivity index (χ0v) is 27.1. The number of hydrogen-bond acceptors (Lipinski definition) is 7. The van der Waals surface area contributed by atoms with Gasteiger partial charge < -0.3 is 31.0 Å². The van der Waals surface area contributed by atoms with Crippen LogP contribution in [0.1, 0.15) is 22.3 Å². The summed E-state index contributed by atoms with van der Waals surface area (Å²) in [5.74, 6) is 1.97. The third-order valence-electron chi connectivity index (χ3n) is 6.80. The Morgan fingerprint density at radius 1 is 0.634 bits per heavy atom. The number of halogens is 6. The number of benzene rings is 3. The van der Waals surface area contributed by atoms with E-state index in [9.17, 15) is 5.11 Å². The third-order valence-corrected chi connectivity index (χ3v) is 6.80. The van der Waals surface area contributed by atoms with Crippen LogP contribution in [0, 0.1) is 0 Å². The SMILES string of the molecule is CN1CCN(c2ccc3c(c2)CN=C(c2ccc4c(c2)CN=C(c2ccc(O)cc2)N4)N3)CC1.Cl.Cl.Cl.Cl.Cl.Cl.O. The van der Waals surface area contributed by atoms with Crippen LogP contribution in [0.4, 0.5) is 17.1 Å². The monoisotopic (exact) mass is 686 g/mol. The van der Waals surface area contributed by atoms with Gasteiger partial charge in [0.2, 0.25) is 0 Å². The molecule has 8 nitrogen and oxygen atoms in total. The average molecular weight is 689 g/mol. The maximum atomic E-state index is 9.53. The van der Waals surface area contributed by atoms with Crippen LogP contribution in [0.5, 0.6) is 5.75 Å². The molecule has 0 atom stereocenters. The third kappa shape index (κ3) is 8.92. The molecule has 228 valence electrons. The summed E-state index contributed by atoms with van der Waals surface area (Å²) in [6, 6.07) is 20.1. The highest BCUT2D eigenvalue weighted by atomic mass is 35.5. The first-order chi connectivity index (χ1) is 16.6. The number of aromatic hydroxyl groups is 1. The van der Waals surface area contributed by atoms with Gasteiger partial charge in [-0.3, -0.25) is 9.98 Å². The number of aliphatic imine (C=N–C) groups is 2. The van der Waals surface area contributed by atoms with Gasteiger partial charge in [0, 0.05) is 54.4 Å². The Kier molecular flexibility index (Phi) is 17.7. The molecule has 0 aromatic heterocycles. The average Bonchev–Trinajstić information content (AvgIpc) is 2.88. The van der Waals surface area contributed by atoms with E-state index in [1.54, 1.807) is 12.1 Å². The van der Waals surface area contributed by atoms with Crippen molar-refractivity contribution in [1.82, 2.24) is 4.90 Å². The lowest BCUT2D eigenvalue weighted by atomic mass is 10.0. The van der Waals surface area contributed by atoms with Crippen molar-refractivity contribution in [2.45, 2.75) is 13.1 Å². The molecule has 0 bridgehead atoms. The Labute approximate surface area is 277 Å². The number of anilines is 3. The standard InChI is InChI=1S/C27H28N6O.6ClH.H2O/c1-32-10-12-33(13-11-32)22-5-9-25-21(15-22)17-29-27(31-25)19-4-8-24-20(14-19)16-28-26(30-24)18-2-6-23(34)7-3-18;;;;;;;/h2-9,14-15,34H,10-13,16-17H2,1H3,(H,28,30)(H,29,31);6*1H;1H2. The van der Waals surface area contributed by atoms with Crippen LogP contribution in [0.15, 0.2) is 70.6 Å². The Morgan fingerprint density at radius 2 is 1.12 bits per heavy atom. The normalized spacial score (nSPS) is 14.6. The number of piperazine rings is 1. The second kappa shape index (κ2) is 17.7. The Morgan fingerprint density at radius 3 is 1.71 bits per heavy atom. The van der Waals surface area contributed by atoms with E-state index in [4.69, 9.17) is 9.98 Å². The molecule has 1 saturated heterocycles. The highest BCUT2D eigenvalue weighted by Gasteiger charge is 2.20. The van der Waals surface area contributed by atoms with Crippen molar-refractivity contribution < 1.29 is 10.6 Å². The Hall–Kier alpha value is -2.14. The van der Waals surface area contributed by atoms with Crippen LogP contribution in [-0.2, 0) is 13.1 Å². The largest absolute Gasteiger partial charge is 0.508 e. The highest BCUT2D eigenvalue weighted by Crippen LogP contribution is 2.30. The second-order valence-electron chi connectivity index (χ2n) is 9.13. The van der Waals surface area contributed by atoms with Gasteiger partial charge in [0.05, 0.1) is 13.1 Å². The maximum absolute atomic E-state index is 9.53. The van der Waals surface area contributed by atoms with Crippen LogP contribution in [0.2, 0.25) is 0 Å². The van der Waals surface area contributed by atoms with Crippen molar-refractivity contribution in [1.29, 1.82) is 0 Å². The molecule has 0 saturated carbocycles. The zero-order valence-electron chi connectivity index (χ0n) is 22.2. The summed E-state index contributed by atoms with van der Waals surface area (Å²) in [7, 11) is 2.18. The molecule has 5 N–H and O–H groups in total. The molecule has 3 aliphatic heterocycles. The van der Waals surface area contributed by atoms with Gasteiger partial charge >= 0.3 is 0 Å². The number of fused-ring (bicyclic) bond motifs is 2. The number of phenolic OH excluding ortho intramolecular Hbond substituents is 1. The number of hydrogen-bond donors (Lipinski definition) is 3. The van der Waals surface area contributed by atoms with Crippen molar-refractivity contribution >= 4 is 103 Å². The second-order valence-corrected chi connectivity index (χ2v) is 9.13. The molecule has 0 aliphatic carbocycles. The van der Waals surface area contributed by atoms with E-state index in [0.717, 1.165) is 65.9 Å². The minimum absolute atomic E-state index is 0. The van der Waals surface area contributed by atoms with Crippen molar-refractivity contribution in [3.63, 3.8) is 0 Å². The summed E-state index contributed by atoms with van der Waals surface area (Å²) in [5.41, 5.74) is 7.87. The molecule has 3 aromatic carbocycles. The fourth-order valence-electron chi connectivity index (χ4n) is 4.70. The van der Waals surface area contributed by atoms with Crippen LogP contribution in [0.25, 0.3) is 0 Å². The minimum atomic E-state index is 0. The summed E-state index contributed by atoms with van der Waals surface area (Å²) >= 11 is 0. The van der Waals surface area contributed by atoms with E-state index in [1.165, 1.54) is 11.3 Å². The molecular formula is C27H36Cl6N6O2. The molecule has 0 spiro atoms. The van der Waals surface area contributed by atoms with E-state index in [2.05, 4.69) is 63.9 Å². The molecule has 41 heavy (non-hydrogen) atoms. The molecule has 0 unspecified atom stereocenters. The van der Waals surface area contributed by atoms with E-state index in [-0.39, 0.29) is 85.7 Å². The Bertz CT molecular complexity index is 1320. The molecule has 6 rings (SSSR count). The van der Waals surface area contributed by atoms with E-state index < -0.39 is 0 Å².